The minimum atomic E-state index is -0.565. The molecule has 1 unspecified atom stereocenters. The van der Waals surface area contributed by atoms with Crippen molar-refractivity contribution in [3.63, 3.8) is 0 Å². The molecule has 3 N–H and O–H groups in total. The number of nitrogens with zero attached hydrogens (tertiary/aromatic N) is 1. The number of carbonyl (C=O) groups is 3. The lowest BCUT2D eigenvalue weighted by Crippen LogP contribution is -2.52. The standard InChI is InChI=1S/C20H26N4O3/c1-20(8-3-9-22-20)12-21-10-13-4-2-5-14-15(13)11-24(19(14)27)16-6-7-17(25)23-18(16)26/h2,4-5,16,21-22H,3,6-12H2,1H3,(H,23,25,26)/t16?,20-/m1/s1. The average molecular weight is 370 g/mol. The first-order chi connectivity index (χ1) is 13.0. The van der Waals surface area contributed by atoms with E-state index in [1.807, 2.05) is 18.2 Å². The zero-order valence-electron chi connectivity index (χ0n) is 15.6. The summed E-state index contributed by atoms with van der Waals surface area (Å²) in [5, 5.41) is 9.41. The monoisotopic (exact) mass is 370 g/mol. The lowest BCUT2D eigenvalue weighted by atomic mass is 9.99. The molecule has 0 bridgehead atoms. The van der Waals surface area contributed by atoms with Gasteiger partial charge >= 0.3 is 0 Å². The molecule has 2 atom stereocenters. The predicted octanol–water partition coefficient (Wildman–Crippen LogP) is 0.679. The van der Waals surface area contributed by atoms with Crippen molar-refractivity contribution >= 4 is 17.7 Å². The Labute approximate surface area is 158 Å². The zero-order valence-corrected chi connectivity index (χ0v) is 15.6. The molecule has 3 amide bonds. The molecule has 0 spiro atoms. The summed E-state index contributed by atoms with van der Waals surface area (Å²) >= 11 is 0. The van der Waals surface area contributed by atoms with Gasteiger partial charge in [-0.05, 0) is 49.9 Å². The van der Waals surface area contributed by atoms with Crippen LogP contribution in [-0.4, -0.2) is 47.3 Å². The molecule has 1 aromatic rings. The third kappa shape index (κ3) is 3.49. The number of benzene rings is 1. The predicted molar refractivity (Wildman–Crippen MR) is 99.8 cm³/mol. The summed E-state index contributed by atoms with van der Waals surface area (Å²) in [5.41, 5.74) is 2.89. The minimum Gasteiger partial charge on any atom is -0.322 e. The molecule has 1 aromatic carbocycles. The van der Waals surface area contributed by atoms with Gasteiger partial charge < -0.3 is 15.5 Å². The van der Waals surface area contributed by atoms with Gasteiger partial charge in [-0.25, -0.2) is 0 Å². The van der Waals surface area contributed by atoms with Crippen LogP contribution in [0.15, 0.2) is 18.2 Å². The SMILES string of the molecule is C[C@]1(CNCc2cccc3c2CN(C2CCC(=O)NC2=O)C3=O)CCCN1. The molecular weight excluding hydrogens is 344 g/mol. The van der Waals surface area contributed by atoms with Gasteiger partial charge in [0, 0.05) is 37.2 Å². The van der Waals surface area contributed by atoms with Crippen molar-refractivity contribution in [2.24, 2.45) is 0 Å². The Balaban J connectivity index is 1.46. The van der Waals surface area contributed by atoms with Gasteiger partial charge in [-0.15, -0.1) is 0 Å². The number of piperidine rings is 1. The van der Waals surface area contributed by atoms with E-state index >= 15 is 0 Å². The van der Waals surface area contributed by atoms with Gasteiger partial charge in [0.1, 0.15) is 6.04 Å². The molecule has 2 fully saturated rings. The van der Waals surface area contributed by atoms with Crippen LogP contribution < -0.4 is 16.0 Å². The maximum absolute atomic E-state index is 12.8. The largest absolute Gasteiger partial charge is 0.322 e. The van der Waals surface area contributed by atoms with Crippen LogP contribution >= 0.6 is 0 Å². The van der Waals surface area contributed by atoms with E-state index in [0.717, 1.165) is 30.6 Å². The molecule has 144 valence electrons. The molecule has 2 saturated heterocycles. The highest BCUT2D eigenvalue weighted by Crippen LogP contribution is 2.30. The van der Waals surface area contributed by atoms with Crippen molar-refractivity contribution in [2.45, 2.75) is 57.3 Å². The second-order valence-electron chi connectivity index (χ2n) is 8.04. The zero-order chi connectivity index (χ0) is 19.0. The molecule has 7 nitrogen and oxygen atoms in total. The van der Waals surface area contributed by atoms with Crippen molar-refractivity contribution in [1.29, 1.82) is 0 Å². The van der Waals surface area contributed by atoms with E-state index in [9.17, 15) is 14.4 Å². The summed E-state index contributed by atoms with van der Waals surface area (Å²) in [6.45, 7) is 5.29. The number of hydrogen-bond donors (Lipinski definition) is 3. The lowest BCUT2D eigenvalue weighted by molar-refractivity contribution is -0.136. The van der Waals surface area contributed by atoms with Crippen molar-refractivity contribution in [2.75, 3.05) is 13.1 Å². The van der Waals surface area contributed by atoms with Crippen LogP contribution in [0.1, 0.15) is 54.1 Å². The smallest absolute Gasteiger partial charge is 0.255 e. The third-order valence-electron chi connectivity index (χ3n) is 5.97. The number of hydrogen-bond acceptors (Lipinski definition) is 5. The molecule has 0 aromatic heterocycles. The van der Waals surface area contributed by atoms with Crippen LogP contribution in [0.3, 0.4) is 0 Å². The van der Waals surface area contributed by atoms with Crippen molar-refractivity contribution in [1.82, 2.24) is 20.9 Å². The van der Waals surface area contributed by atoms with Crippen LogP contribution in [0.25, 0.3) is 0 Å². The molecule has 3 aliphatic rings. The first-order valence-corrected chi connectivity index (χ1v) is 9.68. The Hall–Kier alpha value is -2.25. The Morgan fingerprint density at radius 2 is 2.15 bits per heavy atom. The second-order valence-corrected chi connectivity index (χ2v) is 8.04. The summed E-state index contributed by atoms with van der Waals surface area (Å²) in [6, 6.07) is 5.20. The normalized spacial score (nSPS) is 27.8. The van der Waals surface area contributed by atoms with Crippen LogP contribution in [0.4, 0.5) is 0 Å². The van der Waals surface area contributed by atoms with Crippen LogP contribution in [0.2, 0.25) is 0 Å². The summed E-state index contributed by atoms with van der Waals surface area (Å²) in [4.78, 5) is 38.0. The molecule has 0 saturated carbocycles. The number of rotatable bonds is 5. The van der Waals surface area contributed by atoms with E-state index < -0.39 is 6.04 Å². The Morgan fingerprint density at radius 3 is 2.89 bits per heavy atom. The molecule has 7 heteroatoms. The Bertz CT molecular complexity index is 785. The Morgan fingerprint density at radius 1 is 1.30 bits per heavy atom. The molecular formula is C20H26N4O3. The quantitative estimate of drug-likeness (QED) is 0.663. The molecule has 0 aliphatic carbocycles. The van der Waals surface area contributed by atoms with E-state index in [2.05, 4.69) is 22.9 Å². The highest BCUT2D eigenvalue weighted by atomic mass is 16.2. The number of fused-ring (bicyclic) bond motifs is 1. The van der Waals surface area contributed by atoms with Crippen molar-refractivity contribution in [3.8, 4) is 0 Å². The van der Waals surface area contributed by atoms with Crippen molar-refractivity contribution < 1.29 is 14.4 Å². The van der Waals surface area contributed by atoms with E-state index in [4.69, 9.17) is 0 Å². The fraction of sp³-hybridized carbons (Fsp3) is 0.550. The van der Waals surface area contributed by atoms with Gasteiger partial charge in [-0.3, -0.25) is 19.7 Å². The second kappa shape index (κ2) is 7.05. The average Bonchev–Trinajstić information content (AvgIpc) is 3.20. The summed E-state index contributed by atoms with van der Waals surface area (Å²) in [5.74, 6) is -0.752. The molecule has 3 heterocycles. The van der Waals surface area contributed by atoms with Crippen LogP contribution in [0.5, 0.6) is 0 Å². The van der Waals surface area contributed by atoms with Gasteiger partial charge in [0.15, 0.2) is 0 Å². The van der Waals surface area contributed by atoms with E-state index in [1.54, 1.807) is 4.90 Å². The highest BCUT2D eigenvalue weighted by molar-refractivity contribution is 6.05. The number of carbonyl (C=O) groups excluding carboxylic acids is 3. The fourth-order valence-electron chi connectivity index (χ4n) is 4.40. The van der Waals surface area contributed by atoms with Crippen LogP contribution in [-0.2, 0) is 22.7 Å². The number of amides is 3. The maximum Gasteiger partial charge on any atom is 0.255 e. The molecule has 27 heavy (non-hydrogen) atoms. The van der Waals surface area contributed by atoms with E-state index in [0.29, 0.717) is 25.1 Å². The van der Waals surface area contributed by atoms with Gasteiger partial charge in [0.2, 0.25) is 11.8 Å². The maximum atomic E-state index is 12.8. The highest BCUT2D eigenvalue weighted by Gasteiger charge is 2.39. The van der Waals surface area contributed by atoms with Gasteiger partial charge in [0.05, 0.1) is 0 Å². The lowest BCUT2D eigenvalue weighted by Gasteiger charge is -2.29. The molecule has 3 aliphatic heterocycles. The van der Waals surface area contributed by atoms with Gasteiger partial charge in [-0.2, -0.15) is 0 Å². The summed E-state index contributed by atoms with van der Waals surface area (Å²) < 4.78 is 0. The van der Waals surface area contributed by atoms with Gasteiger partial charge in [0.25, 0.3) is 5.91 Å². The van der Waals surface area contributed by atoms with Crippen LogP contribution in [0, 0.1) is 0 Å². The van der Waals surface area contributed by atoms with E-state index in [1.165, 1.54) is 6.42 Å². The summed E-state index contributed by atoms with van der Waals surface area (Å²) in [7, 11) is 0. The number of imide groups is 1. The molecule has 0 radical (unpaired) electrons. The third-order valence-corrected chi connectivity index (χ3v) is 5.97. The Kier molecular flexibility index (Phi) is 4.74. The van der Waals surface area contributed by atoms with E-state index in [-0.39, 0.29) is 29.7 Å². The van der Waals surface area contributed by atoms with Crippen molar-refractivity contribution in [3.05, 3.63) is 34.9 Å². The minimum absolute atomic E-state index is 0.120. The first-order valence-electron chi connectivity index (χ1n) is 9.68. The first kappa shape index (κ1) is 18.1. The topological polar surface area (TPSA) is 90.5 Å². The fourth-order valence-corrected chi connectivity index (χ4v) is 4.40. The van der Waals surface area contributed by atoms with Gasteiger partial charge in [-0.1, -0.05) is 12.1 Å². The molecule has 4 rings (SSSR count). The number of nitrogens with one attached hydrogen (secondary N) is 3. The summed E-state index contributed by atoms with van der Waals surface area (Å²) in [6.07, 6.45) is 3.03.